The maximum atomic E-state index is 13.4. The van der Waals surface area contributed by atoms with Gasteiger partial charge >= 0.3 is 0 Å². The van der Waals surface area contributed by atoms with Crippen LogP contribution in [-0.4, -0.2) is 5.11 Å². The normalized spacial score (nSPS) is 12.4. The van der Waals surface area contributed by atoms with Gasteiger partial charge in [0.25, 0.3) is 0 Å². The highest BCUT2D eigenvalue weighted by atomic mass is 32.2. The molecule has 0 radical (unpaired) electrons. The van der Waals surface area contributed by atoms with Gasteiger partial charge in [-0.05, 0) is 36.2 Å². The minimum Gasteiger partial charge on any atom is -0.389 e. The molecule has 0 aliphatic rings. The lowest BCUT2D eigenvalue weighted by Gasteiger charge is -2.07. The first-order valence-corrected chi connectivity index (χ1v) is 6.89. The first kappa shape index (κ1) is 14.0. The van der Waals surface area contributed by atoms with Crippen molar-refractivity contribution in [3.8, 4) is 0 Å². The first-order chi connectivity index (χ1) is 9.06. The van der Waals surface area contributed by atoms with Gasteiger partial charge in [0.1, 0.15) is 11.6 Å². The Kier molecular flexibility index (Phi) is 4.56. The van der Waals surface area contributed by atoms with Gasteiger partial charge in [0.15, 0.2) is 0 Å². The molecule has 4 heteroatoms. The maximum Gasteiger partial charge on any atom is 0.130 e. The van der Waals surface area contributed by atoms with Crippen molar-refractivity contribution in [1.29, 1.82) is 0 Å². The zero-order valence-corrected chi connectivity index (χ0v) is 11.3. The number of halogens is 2. The largest absolute Gasteiger partial charge is 0.389 e. The van der Waals surface area contributed by atoms with Crippen LogP contribution in [0.15, 0.2) is 47.4 Å². The van der Waals surface area contributed by atoms with Crippen LogP contribution in [0.25, 0.3) is 0 Å². The number of hydrogen-bond acceptors (Lipinski definition) is 2. The average Bonchev–Trinajstić information content (AvgIpc) is 2.38. The number of hydrogen-bond donors (Lipinski definition) is 1. The van der Waals surface area contributed by atoms with Crippen molar-refractivity contribution < 1.29 is 13.9 Å². The van der Waals surface area contributed by atoms with Crippen LogP contribution >= 0.6 is 11.8 Å². The van der Waals surface area contributed by atoms with Crippen LogP contribution in [0.4, 0.5) is 8.78 Å². The second-order valence-electron chi connectivity index (χ2n) is 4.27. The summed E-state index contributed by atoms with van der Waals surface area (Å²) in [6.07, 6.45) is -0.492. The lowest BCUT2D eigenvalue weighted by atomic mass is 10.1. The van der Waals surface area contributed by atoms with E-state index in [-0.39, 0.29) is 0 Å². The van der Waals surface area contributed by atoms with E-state index in [1.807, 2.05) is 24.3 Å². The Morgan fingerprint density at radius 3 is 2.37 bits per heavy atom. The summed E-state index contributed by atoms with van der Waals surface area (Å²) >= 11 is 1.47. The second-order valence-corrected chi connectivity index (χ2v) is 5.32. The molecule has 1 nitrogen and oxygen atoms in total. The molecule has 0 saturated carbocycles. The summed E-state index contributed by atoms with van der Waals surface area (Å²) in [4.78, 5) is 0.980. The van der Waals surface area contributed by atoms with E-state index in [0.717, 1.165) is 16.5 Å². The van der Waals surface area contributed by atoms with E-state index in [9.17, 15) is 13.9 Å². The Morgan fingerprint density at radius 2 is 1.79 bits per heavy atom. The monoisotopic (exact) mass is 280 g/mol. The number of rotatable bonds is 4. The van der Waals surface area contributed by atoms with Crippen molar-refractivity contribution >= 4 is 11.8 Å². The summed E-state index contributed by atoms with van der Waals surface area (Å²) in [6, 6.07) is 11.1. The fourth-order valence-electron chi connectivity index (χ4n) is 1.64. The summed E-state index contributed by atoms with van der Waals surface area (Å²) in [6.45, 7) is 1.70. The molecule has 0 fully saturated rings. The molecule has 1 N–H and O–H groups in total. The predicted octanol–water partition coefficient (Wildman–Crippen LogP) is 4.31. The molecule has 0 saturated heterocycles. The van der Waals surface area contributed by atoms with E-state index in [1.54, 1.807) is 6.92 Å². The van der Waals surface area contributed by atoms with Crippen molar-refractivity contribution in [2.45, 2.75) is 23.7 Å². The summed E-state index contributed by atoms with van der Waals surface area (Å²) < 4.78 is 26.2. The lowest BCUT2D eigenvalue weighted by molar-refractivity contribution is 0.199. The van der Waals surface area contributed by atoms with E-state index in [4.69, 9.17) is 0 Å². The molecule has 2 rings (SSSR count). The molecule has 2 aromatic carbocycles. The van der Waals surface area contributed by atoms with E-state index >= 15 is 0 Å². The minimum atomic E-state index is -0.562. The van der Waals surface area contributed by atoms with Gasteiger partial charge in [-0.15, -0.1) is 11.8 Å². The third kappa shape index (κ3) is 3.78. The molecule has 0 aromatic heterocycles. The minimum absolute atomic E-state index is 0.445. The molecule has 100 valence electrons. The van der Waals surface area contributed by atoms with Crippen molar-refractivity contribution in [3.05, 3.63) is 65.2 Å². The molecule has 1 unspecified atom stereocenters. The molecule has 0 amide bonds. The van der Waals surface area contributed by atoms with Gasteiger partial charge in [0, 0.05) is 16.7 Å². The van der Waals surface area contributed by atoms with Crippen molar-refractivity contribution in [2.24, 2.45) is 0 Å². The average molecular weight is 280 g/mol. The molecule has 0 spiro atoms. The number of aliphatic hydroxyl groups excluding tert-OH is 1. The zero-order chi connectivity index (χ0) is 13.8. The number of aliphatic hydroxyl groups is 1. The summed E-state index contributed by atoms with van der Waals surface area (Å²) in [7, 11) is 0. The highest BCUT2D eigenvalue weighted by Gasteiger charge is 2.05. The van der Waals surface area contributed by atoms with Gasteiger partial charge in [-0.2, -0.15) is 0 Å². The molecule has 0 heterocycles. The SMILES string of the molecule is CC(O)c1ccc(SCc2ccc(F)cc2F)cc1. The maximum absolute atomic E-state index is 13.4. The van der Waals surface area contributed by atoms with E-state index in [2.05, 4.69) is 0 Å². The fourth-order valence-corrected chi connectivity index (χ4v) is 2.53. The molecule has 0 aliphatic heterocycles. The lowest BCUT2D eigenvalue weighted by Crippen LogP contribution is -1.91. The Balaban J connectivity index is 2.02. The van der Waals surface area contributed by atoms with Gasteiger partial charge in [-0.25, -0.2) is 8.78 Å². The topological polar surface area (TPSA) is 20.2 Å². The Morgan fingerprint density at radius 1 is 1.11 bits per heavy atom. The third-order valence-corrected chi connectivity index (χ3v) is 3.83. The van der Waals surface area contributed by atoms with E-state index in [0.29, 0.717) is 11.3 Å². The molecule has 2 aromatic rings. The van der Waals surface area contributed by atoms with Crippen LogP contribution in [0.1, 0.15) is 24.2 Å². The molecular formula is C15H14F2OS. The highest BCUT2D eigenvalue weighted by Crippen LogP contribution is 2.25. The molecule has 0 bridgehead atoms. The Labute approximate surface area is 115 Å². The van der Waals surface area contributed by atoms with Gasteiger partial charge in [0.05, 0.1) is 6.10 Å². The molecule has 0 aliphatic carbocycles. The number of benzene rings is 2. The summed E-state index contributed by atoms with van der Waals surface area (Å²) in [5, 5.41) is 9.39. The Bertz CT molecular complexity index is 553. The van der Waals surface area contributed by atoms with Crippen LogP contribution < -0.4 is 0 Å². The van der Waals surface area contributed by atoms with Crippen LogP contribution in [0.5, 0.6) is 0 Å². The third-order valence-electron chi connectivity index (χ3n) is 2.77. The molecule has 1 atom stereocenters. The van der Waals surface area contributed by atoms with Gasteiger partial charge < -0.3 is 5.11 Å². The Hall–Kier alpha value is -1.39. The van der Waals surface area contributed by atoms with Crippen LogP contribution in [-0.2, 0) is 5.75 Å². The standard InChI is InChI=1S/C15H14F2OS/c1-10(18)11-3-6-14(7-4-11)19-9-12-2-5-13(16)8-15(12)17/h2-8,10,18H,9H2,1H3. The highest BCUT2D eigenvalue weighted by molar-refractivity contribution is 7.98. The van der Waals surface area contributed by atoms with Crippen LogP contribution in [0, 0.1) is 11.6 Å². The van der Waals surface area contributed by atoms with Gasteiger partial charge in [-0.1, -0.05) is 18.2 Å². The van der Waals surface area contributed by atoms with Crippen molar-refractivity contribution in [2.75, 3.05) is 0 Å². The van der Waals surface area contributed by atoms with E-state index < -0.39 is 17.7 Å². The molecule has 19 heavy (non-hydrogen) atoms. The molecular weight excluding hydrogens is 266 g/mol. The van der Waals surface area contributed by atoms with Crippen LogP contribution in [0.2, 0.25) is 0 Å². The van der Waals surface area contributed by atoms with E-state index in [1.165, 1.54) is 23.9 Å². The van der Waals surface area contributed by atoms with Crippen molar-refractivity contribution in [1.82, 2.24) is 0 Å². The zero-order valence-electron chi connectivity index (χ0n) is 10.4. The summed E-state index contributed by atoms with van der Waals surface area (Å²) in [5.41, 5.74) is 1.32. The quantitative estimate of drug-likeness (QED) is 0.842. The summed E-state index contributed by atoms with van der Waals surface area (Å²) in [5.74, 6) is -0.638. The smallest absolute Gasteiger partial charge is 0.130 e. The van der Waals surface area contributed by atoms with Gasteiger partial charge in [-0.3, -0.25) is 0 Å². The first-order valence-electron chi connectivity index (χ1n) is 5.91. The fraction of sp³-hybridized carbons (Fsp3) is 0.200. The van der Waals surface area contributed by atoms with Gasteiger partial charge in [0.2, 0.25) is 0 Å². The second kappa shape index (κ2) is 6.17. The number of thioether (sulfide) groups is 1. The van der Waals surface area contributed by atoms with Crippen LogP contribution in [0.3, 0.4) is 0 Å². The van der Waals surface area contributed by atoms with Crippen molar-refractivity contribution in [3.63, 3.8) is 0 Å². The predicted molar refractivity (Wildman–Crippen MR) is 73.0 cm³/mol.